The Morgan fingerprint density at radius 3 is 2.72 bits per heavy atom. The minimum Gasteiger partial charge on any atom is -0.502 e. The van der Waals surface area contributed by atoms with Gasteiger partial charge in [0.15, 0.2) is 11.6 Å². The molecule has 150 valence electrons. The fraction of sp³-hybridized carbons (Fsp3) is 0.211. The van der Waals surface area contributed by atoms with E-state index >= 15 is 0 Å². The van der Waals surface area contributed by atoms with Crippen LogP contribution in [0.3, 0.4) is 0 Å². The van der Waals surface area contributed by atoms with Gasteiger partial charge in [0.25, 0.3) is 0 Å². The summed E-state index contributed by atoms with van der Waals surface area (Å²) in [7, 11) is 0. The van der Waals surface area contributed by atoms with Crippen LogP contribution in [0.1, 0.15) is 30.3 Å². The Hall–Kier alpha value is -2.72. The number of aromatic nitrogens is 3. The zero-order chi connectivity index (χ0) is 20.8. The highest BCUT2D eigenvalue weighted by Crippen LogP contribution is 2.26. The van der Waals surface area contributed by atoms with E-state index in [1.54, 1.807) is 10.7 Å². The highest BCUT2D eigenvalue weighted by Gasteiger charge is 2.14. The van der Waals surface area contributed by atoms with E-state index < -0.39 is 4.92 Å². The zero-order valence-corrected chi connectivity index (χ0v) is 17.9. The van der Waals surface area contributed by atoms with E-state index in [-0.39, 0.29) is 11.4 Å². The predicted octanol–water partition coefficient (Wildman–Crippen LogP) is 4.78. The third kappa shape index (κ3) is 5.42. The maximum Gasteiger partial charge on any atom is 0.311 e. The molecule has 0 amide bonds. The van der Waals surface area contributed by atoms with Gasteiger partial charge in [-0.25, -0.2) is 0 Å². The first-order valence-corrected chi connectivity index (χ1v) is 10.6. The summed E-state index contributed by atoms with van der Waals surface area (Å²) in [5, 5.41) is 34.2. The van der Waals surface area contributed by atoms with E-state index in [0.29, 0.717) is 22.9 Å². The smallest absolute Gasteiger partial charge is 0.311 e. The number of benzene rings is 2. The largest absolute Gasteiger partial charge is 0.502 e. The molecule has 0 aliphatic heterocycles. The van der Waals surface area contributed by atoms with Gasteiger partial charge in [-0.3, -0.25) is 10.1 Å². The first kappa shape index (κ1) is 21.0. The second-order valence-corrected chi connectivity index (χ2v) is 7.98. The number of hydrogen-bond donors (Lipinski definition) is 1. The fourth-order valence-electron chi connectivity index (χ4n) is 2.50. The third-order valence-electron chi connectivity index (χ3n) is 3.95. The zero-order valence-electron chi connectivity index (χ0n) is 15.5. The summed E-state index contributed by atoms with van der Waals surface area (Å²) < 4.78 is 2.68. The molecule has 1 aromatic heterocycles. The van der Waals surface area contributed by atoms with E-state index in [9.17, 15) is 15.2 Å². The van der Waals surface area contributed by atoms with Gasteiger partial charge in [0.05, 0.1) is 11.1 Å². The van der Waals surface area contributed by atoms with E-state index in [2.05, 4.69) is 31.2 Å². The molecule has 2 aromatic carbocycles. The highest BCUT2D eigenvalue weighted by atomic mass is 79.9. The molecule has 0 radical (unpaired) electrons. The number of hydrogen-bond acceptors (Lipinski definition) is 7. The lowest BCUT2D eigenvalue weighted by Crippen LogP contribution is -2.00. The van der Waals surface area contributed by atoms with Crippen LogP contribution in [0.15, 0.2) is 57.2 Å². The van der Waals surface area contributed by atoms with Crippen LogP contribution in [0.5, 0.6) is 5.75 Å². The molecule has 10 heteroatoms. The summed E-state index contributed by atoms with van der Waals surface area (Å²) >= 11 is 4.93. The maximum absolute atomic E-state index is 11.0. The number of halogens is 1. The van der Waals surface area contributed by atoms with Crippen LogP contribution in [0.4, 0.5) is 5.69 Å². The van der Waals surface area contributed by atoms with Crippen LogP contribution in [0.25, 0.3) is 0 Å². The summed E-state index contributed by atoms with van der Waals surface area (Å²) in [5.74, 6) is 1.04. The van der Waals surface area contributed by atoms with Gasteiger partial charge in [-0.15, -0.1) is 10.2 Å². The lowest BCUT2D eigenvalue weighted by atomic mass is 10.2. The minimum absolute atomic E-state index is 0.365. The summed E-state index contributed by atoms with van der Waals surface area (Å²) in [6.07, 6.45) is 3.09. The van der Waals surface area contributed by atoms with E-state index in [4.69, 9.17) is 0 Å². The summed E-state index contributed by atoms with van der Waals surface area (Å²) in [4.78, 5) is 10.4. The lowest BCUT2D eigenvalue weighted by molar-refractivity contribution is -0.385. The van der Waals surface area contributed by atoms with Gasteiger partial charge >= 0.3 is 5.69 Å². The van der Waals surface area contributed by atoms with Crippen molar-refractivity contribution in [3.05, 3.63) is 74.0 Å². The molecule has 0 atom stereocenters. The van der Waals surface area contributed by atoms with Crippen molar-refractivity contribution in [3.8, 4) is 5.75 Å². The molecule has 29 heavy (non-hydrogen) atoms. The quantitative estimate of drug-likeness (QED) is 0.217. The number of nitro groups is 1. The Morgan fingerprint density at radius 1 is 1.28 bits per heavy atom. The molecule has 3 aromatic rings. The molecule has 0 unspecified atom stereocenters. The highest BCUT2D eigenvalue weighted by molar-refractivity contribution is 9.10. The van der Waals surface area contributed by atoms with Gasteiger partial charge in [-0.05, 0) is 36.2 Å². The van der Waals surface area contributed by atoms with Crippen molar-refractivity contribution < 1.29 is 10.0 Å². The van der Waals surface area contributed by atoms with Crippen LogP contribution in [-0.2, 0) is 12.2 Å². The summed E-state index contributed by atoms with van der Waals surface area (Å²) in [5.41, 5.74) is 1.27. The van der Waals surface area contributed by atoms with Crippen LogP contribution in [-0.4, -0.2) is 31.1 Å². The van der Waals surface area contributed by atoms with Crippen molar-refractivity contribution >= 4 is 39.6 Å². The maximum atomic E-state index is 11.0. The third-order valence-corrected chi connectivity index (χ3v) is 5.47. The van der Waals surface area contributed by atoms with Crippen molar-refractivity contribution in [2.75, 3.05) is 0 Å². The summed E-state index contributed by atoms with van der Waals surface area (Å²) in [6, 6.07) is 12.1. The SMILES string of the molecule is CCCc1nnc(SCc2ccc(Br)cc2)n1/N=C/c1ccc(O)c([N+](=O)[O-])c1. The topological polar surface area (TPSA) is 106 Å². The molecule has 0 aliphatic rings. The Bertz CT molecular complexity index is 1040. The lowest BCUT2D eigenvalue weighted by Gasteiger charge is -2.04. The second kappa shape index (κ2) is 9.66. The average Bonchev–Trinajstić information content (AvgIpc) is 3.08. The van der Waals surface area contributed by atoms with Gasteiger partial charge < -0.3 is 5.11 Å². The van der Waals surface area contributed by atoms with Gasteiger partial charge in [-0.2, -0.15) is 9.78 Å². The number of phenols is 1. The molecular weight excluding hydrogens is 458 g/mol. The normalized spacial score (nSPS) is 11.2. The Labute approximate surface area is 180 Å². The van der Waals surface area contributed by atoms with Crippen LogP contribution in [0, 0.1) is 10.1 Å². The number of aromatic hydroxyl groups is 1. The number of rotatable bonds is 8. The molecule has 1 heterocycles. The van der Waals surface area contributed by atoms with Crippen molar-refractivity contribution in [1.82, 2.24) is 14.9 Å². The number of phenolic OH excluding ortho intramolecular Hbond substituents is 1. The number of aryl methyl sites for hydroxylation is 1. The van der Waals surface area contributed by atoms with Gasteiger partial charge in [0, 0.05) is 28.3 Å². The van der Waals surface area contributed by atoms with Gasteiger partial charge in [0.2, 0.25) is 5.16 Å². The molecule has 0 saturated carbocycles. The molecule has 8 nitrogen and oxygen atoms in total. The molecule has 0 spiro atoms. The van der Waals surface area contributed by atoms with E-state index in [1.807, 2.05) is 31.2 Å². The van der Waals surface area contributed by atoms with Crippen molar-refractivity contribution in [3.63, 3.8) is 0 Å². The molecule has 1 N–H and O–H groups in total. The standard InChI is InChI=1S/C19H18BrN5O3S/c1-2-3-18-22-23-19(29-12-13-4-7-15(20)8-5-13)24(18)21-11-14-6-9-17(26)16(10-14)25(27)28/h4-11,26H,2-3,12H2,1H3/b21-11+. The first-order valence-electron chi connectivity index (χ1n) is 8.81. The minimum atomic E-state index is -0.631. The van der Waals surface area contributed by atoms with Crippen molar-refractivity contribution in [2.45, 2.75) is 30.7 Å². The number of thioether (sulfide) groups is 1. The van der Waals surface area contributed by atoms with Gasteiger partial charge in [-0.1, -0.05) is 46.7 Å². The first-order chi connectivity index (χ1) is 14.0. The van der Waals surface area contributed by atoms with Crippen LogP contribution in [0.2, 0.25) is 0 Å². The summed E-state index contributed by atoms with van der Waals surface area (Å²) in [6.45, 7) is 2.04. The van der Waals surface area contributed by atoms with Crippen LogP contribution >= 0.6 is 27.7 Å². The Kier molecular flexibility index (Phi) is 6.99. The molecule has 0 fully saturated rings. The average molecular weight is 476 g/mol. The molecule has 0 saturated heterocycles. The van der Waals surface area contributed by atoms with Crippen LogP contribution < -0.4 is 0 Å². The Morgan fingerprint density at radius 2 is 2.03 bits per heavy atom. The molecular formula is C19H18BrN5O3S. The number of nitrogens with zero attached hydrogens (tertiary/aromatic N) is 5. The van der Waals surface area contributed by atoms with E-state index in [1.165, 1.54) is 30.1 Å². The van der Waals surface area contributed by atoms with E-state index in [0.717, 1.165) is 22.3 Å². The fourth-order valence-corrected chi connectivity index (χ4v) is 3.63. The monoisotopic (exact) mass is 475 g/mol. The van der Waals surface area contributed by atoms with Gasteiger partial charge in [0.1, 0.15) is 0 Å². The molecule has 0 bridgehead atoms. The predicted molar refractivity (Wildman–Crippen MR) is 115 cm³/mol. The second-order valence-electron chi connectivity index (χ2n) is 6.13. The Balaban J connectivity index is 1.84. The van der Waals surface area contributed by atoms with Crippen molar-refractivity contribution in [1.29, 1.82) is 0 Å². The van der Waals surface area contributed by atoms with Crippen molar-refractivity contribution in [2.24, 2.45) is 5.10 Å². The number of nitro benzene ring substituents is 1. The molecule has 3 rings (SSSR count). The molecule has 0 aliphatic carbocycles.